The Bertz CT molecular complexity index is 274. The number of hydrogen-bond donors (Lipinski definition) is 2. The van der Waals surface area contributed by atoms with Crippen molar-refractivity contribution in [2.45, 2.75) is 44.7 Å². The van der Waals surface area contributed by atoms with Gasteiger partial charge in [-0.25, -0.2) is 0 Å². The minimum atomic E-state index is -0.799. The molecule has 92 valence electrons. The van der Waals surface area contributed by atoms with E-state index in [1.165, 1.54) is 25.8 Å². The average molecular weight is 226 g/mol. The summed E-state index contributed by atoms with van der Waals surface area (Å²) in [6, 6.07) is 0.845. The summed E-state index contributed by atoms with van der Waals surface area (Å²) in [5, 5.41) is 12.1. The SMILES string of the molecule is CC(C)(NCC1CCN(C2CC2)C1)C(=O)O. The summed E-state index contributed by atoms with van der Waals surface area (Å²) < 4.78 is 0. The first-order valence-corrected chi connectivity index (χ1v) is 6.21. The fraction of sp³-hybridized carbons (Fsp3) is 0.917. The lowest BCUT2D eigenvalue weighted by atomic mass is 10.0. The van der Waals surface area contributed by atoms with Crippen molar-refractivity contribution in [1.29, 1.82) is 0 Å². The van der Waals surface area contributed by atoms with Gasteiger partial charge in [-0.2, -0.15) is 0 Å². The number of carbonyl (C=O) groups is 1. The van der Waals surface area contributed by atoms with Crippen LogP contribution in [0.4, 0.5) is 0 Å². The van der Waals surface area contributed by atoms with E-state index < -0.39 is 11.5 Å². The highest BCUT2D eigenvalue weighted by molar-refractivity contribution is 5.77. The molecule has 0 radical (unpaired) electrons. The van der Waals surface area contributed by atoms with E-state index in [1.54, 1.807) is 13.8 Å². The van der Waals surface area contributed by atoms with Gasteiger partial charge in [-0.3, -0.25) is 4.79 Å². The Morgan fingerprint density at radius 3 is 2.69 bits per heavy atom. The Kier molecular flexibility index (Phi) is 3.22. The molecule has 2 rings (SSSR count). The molecule has 0 amide bonds. The van der Waals surface area contributed by atoms with Gasteiger partial charge in [-0.1, -0.05) is 0 Å². The van der Waals surface area contributed by atoms with Crippen LogP contribution in [0.15, 0.2) is 0 Å². The van der Waals surface area contributed by atoms with E-state index in [2.05, 4.69) is 10.2 Å². The summed E-state index contributed by atoms with van der Waals surface area (Å²) in [5.41, 5.74) is -0.799. The predicted molar refractivity (Wildman–Crippen MR) is 62.4 cm³/mol. The summed E-state index contributed by atoms with van der Waals surface area (Å²) in [5.74, 6) is -0.149. The van der Waals surface area contributed by atoms with Crippen LogP contribution >= 0.6 is 0 Å². The summed E-state index contributed by atoms with van der Waals surface area (Å²) in [7, 11) is 0. The highest BCUT2D eigenvalue weighted by atomic mass is 16.4. The Morgan fingerprint density at radius 1 is 1.44 bits per heavy atom. The highest BCUT2D eigenvalue weighted by Gasteiger charge is 2.35. The summed E-state index contributed by atoms with van der Waals surface area (Å²) in [6.45, 7) is 6.62. The first-order valence-electron chi connectivity index (χ1n) is 6.21. The van der Waals surface area contributed by atoms with Crippen LogP contribution in [0.2, 0.25) is 0 Å². The summed E-state index contributed by atoms with van der Waals surface area (Å²) in [4.78, 5) is 13.5. The number of likely N-dealkylation sites (tertiary alicyclic amines) is 1. The van der Waals surface area contributed by atoms with E-state index in [0.29, 0.717) is 5.92 Å². The molecule has 1 atom stereocenters. The third-order valence-corrected chi connectivity index (χ3v) is 3.75. The van der Waals surface area contributed by atoms with Gasteiger partial charge < -0.3 is 15.3 Å². The number of rotatable bonds is 5. The third kappa shape index (κ3) is 2.74. The van der Waals surface area contributed by atoms with Gasteiger partial charge in [0.15, 0.2) is 0 Å². The minimum absolute atomic E-state index is 0.624. The molecule has 0 aromatic rings. The molecule has 2 N–H and O–H groups in total. The van der Waals surface area contributed by atoms with Gasteiger partial charge in [0.25, 0.3) is 0 Å². The predicted octanol–water partition coefficient (Wildman–Crippen LogP) is 0.923. The van der Waals surface area contributed by atoms with Gasteiger partial charge in [-0.05, 0) is 45.6 Å². The van der Waals surface area contributed by atoms with Gasteiger partial charge in [0.2, 0.25) is 0 Å². The Balaban J connectivity index is 1.72. The van der Waals surface area contributed by atoms with E-state index in [9.17, 15) is 4.79 Å². The molecule has 0 aromatic heterocycles. The molecule has 1 aliphatic carbocycles. The van der Waals surface area contributed by atoms with Crippen LogP contribution in [-0.2, 0) is 4.79 Å². The number of hydrogen-bond acceptors (Lipinski definition) is 3. The number of nitrogens with one attached hydrogen (secondary N) is 1. The van der Waals surface area contributed by atoms with Crippen LogP contribution in [0.3, 0.4) is 0 Å². The lowest BCUT2D eigenvalue weighted by molar-refractivity contribution is -0.143. The van der Waals surface area contributed by atoms with Crippen molar-refractivity contribution >= 4 is 5.97 Å². The molecule has 0 aromatic carbocycles. The van der Waals surface area contributed by atoms with Crippen molar-refractivity contribution in [3.8, 4) is 0 Å². The van der Waals surface area contributed by atoms with Crippen LogP contribution in [0.1, 0.15) is 33.1 Å². The van der Waals surface area contributed by atoms with E-state index >= 15 is 0 Å². The molecule has 1 aliphatic heterocycles. The van der Waals surface area contributed by atoms with Crippen molar-refractivity contribution < 1.29 is 9.90 Å². The van der Waals surface area contributed by atoms with Crippen LogP contribution in [0.25, 0.3) is 0 Å². The summed E-state index contributed by atoms with van der Waals surface area (Å²) in [6.07, 6.45) is 3.93. The molecule has 16 heavy (non-hydrogen) atoms. The van der Waals surface area contributed by atoms with Crippen molar-refractivity contribution in [3.63, 3.8) is 0 Å². The van der Waals surface area contributed by atoms with Crippen molar-refractivity contribution in [3.05, 3.63) is 0 Å². The highest BCUT2D eigenvalue weighted by Crippen LogP contribution is 2.31. The molecule has 1 heterocycles. The zero-order valence-corrected chi connectivity index (χ0v) is 10.2. The van der Waals surface area contributed by atoms with E-state index in [-0.39, 0.29) is 0 Å². The summed E-state index contributed by atoms with van der Waals surface area (Å²) >= 11 is 0. The topological polar surface area (TPSA) is 52.6 Å². The second-order valence-electron chi connectivity index (χ2n) is 5.69. The largest absolute Gasteiger partial charge is 0.480 e. The van der Waals surface area contributed by atoms with Crippen LogP contribution in [-0.4, -0.2) is 47.2 Å². The maximum atomic E-state index is 10.9. The number of aliphatic carboxylic acids is 1. The monoisotopic (exact) mass is 226 g/mol. The zero-order valence-electron chi connectivity index (χ0n) is 10.2. The molecular weight excluding hydrogens is 204 g/mol. The minimum Gasteiger partial charge on any atom is -0.480 e. The van der Waals surface area contributed by atoms with Crippen LogP contribution in [0.5, 0.6) is 0 Å². The molecule has 1 saturated carbocycles. The van der Waals surface area contributed by atoms with Gasteiger partial charge in [-0.15, -0.1) is 0 Å². The zero-order chi connectivity index (χ0) is 11.8. The Labute approximate surface area is 97.0 Å². The lowest BCUT2D eigenvalue weighted by Crippen LogP contribution is -2.48. The molecule has 4 nitrogen and oxygen atoms in total. The number of carboxylic acids is 1. The number of nitrogens with zero attached hydrogens (tertiary/aromatic N) is 1. The smallest absolute Gasteiger partial charge is 0.323 e. The standard InChI is InChI=1S/C12H22N2O2/c1-12(2,11(15)16)13-7-9-5-6-14(8-9)10-3-4-10/h9-10,13H,3-8H2,1-2H3,(H,15,16). The van der Waals surface area contributed by atoms with Crippen molar-refractivity contribution in [2.75, 3.05) is 19.6 Å². The van der Waals surface area contributed by atoms with Gasteiger partial charge in [0.1, 0.15) is 5.54 Å². The average Bonchev–Trinajstić information content (AvgIpc) is 2.95. The molecule has 2 fully saturated rings. The third-order valence-electron chi connectivity index (χ3n) is 3.75. The fourth-order valence-electron chi connectivity index (χ4n) is 2.28. The van der Waals surface area contributed by atoms with E-state index in [1.807, 2.05) is 0 Å². The first kappa shape index (κ1) is 11.9. The molecule has 1 saturated heterocycles. The Hall–Kier alpha value is -0.610. The second kappa shape index (κ2) is 4.34. The normalized spacial score (nSPS) is 27.2. The fourth-order valence-corrected chi connectivity index (χ4v) is 2.28. The molecular formula is C12H22N2O2. The Morgan fingerprint density at radius 2 is 2.12 bits per heavy atom. The van der Waals surface area contributed by atoms with Crippen LogP contribution in [0, 0.1) is 5.92 Å². The molecule has 2 aliphatic rings. The molecule has 1 unspecified atom stereocenters. The van der Waals surface area contributed by atoms with Gasteiger partial charge >= 0.3 is 5.97 Å². The van der Waals surface area contributed by atoms with Crippen molar-refractivity contribution in [1.82, 2.24) is 10.2 Å². The first-order chi connectivity index (χ1) is 7.49. The number of carboxylic acid groups (broad SMARTS) is 1. The van der Waals surface area contributed by atoms with Crippen LogP contribution < -0.4 is 5.32 Å². The van der Waals surface area contributed by atoms with Gasteiger partial charge in [0.05, 0.1) is 0 Å². The van der Waals surface area contributed by atoms with E-state index in [4.69, 9.17) is 5.11 Å². The van der Waals surface area contributed by atoms with Crippen molar-refractivity contribution in [2.24, 2.45) is 5.92 Å². The van der Waals surface area contributed by atoms with E-state index in [0.717, 1.165) is 19.1 Å². The quantitative estimate of drug-likeness (QED) is 0.732. The lowest BCUT2D eigenvalue weighted by Gasteiger charge is -2.23. The second-order valence-corrected chi connectivity index (χ2v) is 5.69. The maximum Gasteiger partial charge on any atom is 0.323 e. The molecule has 4 heteroatoms. The molecule has 0 spiro atoms. The maximum absolute atomic E-state index is 10.9. The van der Waals surface area contributed by atoms with Gasteiger partial charge in [0, 0.05) is 19.1 Å². The molecule has 0 bridgehead atoms.